The van der Waals surface area contributed by atoms with Gasteiger partial charge in [-0.1, -0.05) is 51.3 Å². The summed E-state index contributed by atoms with van der Waals surface area (Å²) in [6.45, 7) is -0.232. The summed E-state index contributed by atoms with van der Waals surface area (Å²) >= 11 is 17.4. The van der Waals surface area contributed by atoms with E-state index >= 15 is 0 Å². The average Bonchev–Trinajstić information content (AvgIpc) is 2.79. The standard InChI is InChI=1S/C24H16BrCl2IN2O3/c1-32-22-10-14(8-16(12-29)15-2-4-17(25)5-3-15)9-21(28)24(22)33-13-23(31)30-18-6-7-19(26)20(27)11-18/h2-11H,13H2,1H3,(H,30,31)/b16-8+. The maximum Gasteiger partial charge on any atom is 0.262 e. The third kappa shape index (κ3) is 6.87. The van der Waals surface area contributed by atoms with Crippen molar-refractivity contribution in [2.24, 2.45) is 0 Å². The van der Waals surface area contributed by atoms with Crippen molar-refractivity contribution in [3.05, 3.63) is 83.8 Å². The average molecular weight is 658 g/mol. The van der Waals surface area contributed by atoms with E-state index in [0.717, 1.165) is 19.2 Å². The van der Waals surface area contributed by atoms with Crippen molar-refractivity contribution in [2.45, 2.75) is 0 Å². The van der Waals surface area contributed by atoms with Gasteiger partial charge in [0.05, 0.1) is 32.4 Å². The highest BCUT2D eigenvalue weighted by Gasteiger charge is 2.14. The maximum atomic E-state index is 12.3. The summed E-state index contributed by atoms with van der Waals surface area (Å²) in [4.78, 5) is 12.3. The Bertz CT molecular complexity index is 1260. The largest absolute Gasteiger partial charge is 0.493 e. The van der Waals surface area contributed by atoms with Gasteiger partial charge in [0.2, 0.25) is 0 Å². The molecule has 33 heavy (non-hydrogen) atoms. The van der Waals surface area contributed by atoms with Gasteiger partial charge in [0.25, 0.3) is 5.91 Å². The van der Waals surface area contributed by atoms with E-state index in [4.69, 9.17) is 32.7 Å². The van der Waals surface area contributed by atoms with Crippen molar-refractivity contribution < 1.29 is 14.3 Å². The number of allylic oxidation sites excluding steroid dienone is 1. The molecule has 0 saturated carbocycles. The Morgan fingerprint density at radius 1 is 1.15 bits per heavy atom. The van der Waals surface area contributed by atoms with E-state index in [9.17, 15) is 10.1 Å². The SMILES string of the molecule is COc1cc(/C=C(\C#N)c2ccc(Br)cc2)cc(I)c1OCC(=O)Nc1ccc(Cl)c(Cl)c1. The van der Waals surface area contributed by atoms with E-state index in [1.165, 1.54) is 7.11 Å². The first-order valence-electron chi connectivity index (χ1n) is 9.43. The molecule has 3 aromatic carbocycles. The Morgan fingerprint density at radius 3 is 2.52 bits per heavy atom. The van der Waals surface area contributed by atoms with Gasteiger partial charge in [0.15, 0.2) is 18.1 Å². The molecule has 3 rings (SSSR count). The zero-order chi connectivity index (χ0) is 24.0. The van der Waals surface area contributed by atoms with Gasteiger partial charge in [-0.3, -0.25) is 4.79 Å². The topological polar surface area (TPSA) is 71.3 Å². The second-order valence-corrected chi connectivity index (χ2v) is 9.57. The summed E-state index contributed by atoms with van der Waals surface area (Å²) in [5.41, 5.74) is 2.59. The molecule has 9 heteroatoms. The molecule has 0 radical (unpaired) electrons. The minimum atomic E-state index is -0.364. The van der Waals surface area contributed by atoms with Gasteiger partial charge in [-0.25, -0.2) is 0 Å². The van der Waals surface area contributed by atoms with Crippen LogP contribution in [0.3, 0.4) is 0 Å². The summed E-state index contributed by atoms with van der Waals surface area (Å²) < 4.78 is 12.9. The molecule has 0 unspecified atom stereocenters. The van der Waals surface area contributed by atoms with Crippen LogP contribution < -0.4 is 14.8 Å². The number of nitrogens with zero attached hydrogens (tertiary/aromatic N) is 1. The molecule has 1 N–H and O–H groups in total. The van der Waals surface area contributed by atoms with Crippen molar-refractivity contribution >= 4 is 85.0 Å². The summed E-state index contributed by atoms with van der Waals surface area (Å²) in [5.74, 6) is 0.516. The van der Waals surface area contributed by atoms with Gasteiger partial charge < -0.3 is 14.8 Å². The molecule has 0 bridgehead atoms. The Morgan fingerprint density at radius 2 is 1.88 bits per heavy atom. The third-order valence-corrected chi connectivity index (χ3v) is 6.46. The predicted molar refractivity (Wildman–Crippen MR) is 144 cm³/mol. The lowest BCUT2D eigenvalue weighted by molar-refractivity contribution is -0.118. The first kappa shape index (κ1) is 25.4. The number of hydrogen-bond donors (Lipinski definition) is 1. The van der Waals surface area contributed by atoms with Crippen molar-refractivity contribution in [1.29, 1.82) is 5.26 Å². The van der Waals surface area contributed by atoms with Crippen LogP contribution in [0, 0.1) is 14.9 Å². The van der Waals surface area contributed by atoms with Crippen LogP contribution in [-0.4, -0.2) is 19.6 Å². The summed E-state index contributed by atoms with van der Waals surface area (Å²) in [5, 5.41) is 13.1. The highest BCUT2D eigenvalue weighted by atomic mass is 127. The smallest absolute Gasteiger partial charge is 0.262 e. The first-order valence-corrected chi connectivity index (χ1v) is 12.1. The van der Waals surface area contributed by atoms with E-state index in [1.54, 1.807) is 30.3 Å². The van der Waals surface area contributed by atoms with Crippen molar-refractivity contribution in [2.75, 3.05) is 19.0 Å². The second kappa shape index (κ2) is 11.7. The van der Waals surface area contributed by atoms with Crippen molar-refractivity contribution in [3.63, 3.8) is 0 Å². The molecular weight excluding hydrogens is 642 g/mol. The fourth-order valence-electron chi connectivity index (χ4n) is 2.85. The van der Waals surface area contributed by atoms with E-state index in [1.807, 2.05) is 30.3 Å². The van der Waals surface area contributed by atoms with Gasteiger partial charge >= 0.3 is 0 Å². The minimum Gasteiger partial charge on any atom is -0.493 e. The van der Waals surface area contributed by atoms with Gasteiger partial charge in [-0.15, -0.1) is 0 Å². The lowest BCUT2D eigenvalue weighted by Crippen LogP contribution is -2.20. The normalized spacial score (nSPS) is 11.0. The minimum absolute atomic E-state index is 0.232. The number of rotatable bonds is 7. The van der Waals surface area contributed by atoms with Gasteiger partial charge in [-0.2, -0.15) is 5.26 Å². The number of methoxy groups -OCH3 is 1. The molecule has 3 aromatic rings. The van der Waals surface area contributed by atoms with Crippen LogP contribution in [0.2, 0.25) is 10.0 Å². The number of benzene rings is 3. The summed E-state index contributed by atoms with van der Waals surface area (Å²) in [6.07, 6.45) is 1.77. The molecule has 0 heterocycles. The van der Waals surface area contributed by atoms with Crippen LogP contribution in [0.25, 0.3) is 11.6 Å². The Balaban J connectivity index is 1.77. The molecule has 0 aliphatic rings. The number of anilines is 1. The monoisotopic (exact) mass is 656 g/mol. The maximum absolute atomic E-state index is 12.3. The lowest BCUT2D eigenvalue weighted by atomic mass is 10.0. The highest BCUT2D eigenvalue weighted by Crippen LogP contribution is 2.35. The molecule has 5 nitrogen and oxygen atoms in total. The van der Waals surface area contributed by atoms with Gasteiger partial charge in [0.1, 0.15) is 0 Å². The number of amides is 1. The Labute approximate surface area is 223 Å². The number of hydrogen-bond acceptors (Lipinski definition) is 4. The van der Waals surface area contributed by atoms with E-state index in [0.29, 0.717) is 32.8 Å². The second-order valence-electron chi connectivity index (χ2n) is 6.68. The van der Waals surface area contributed by atoms with Crippen LogP contribution in [0.15, 0.2) is 59.1 Å². The van der Waals surface area contributed by atoms with E-state index in [2.05, 4.69) is 49.9 Å². The van der Waals surface area contributed by atoms with Crippen LogP contribution in [0.1, 0.15) is 11.1 Å². The van der Waals surface area contributed by atoms with Crippen LogP contribution in [0.5, 0.6) is 11.5 Å². The highest BCUT2D eigenvalue weighted by molar-refractivity contribution is 14.1. The zero-order valence-corrected chi connectivity index (χ0v) is 22.4. The molecule has 168 valence electrons. The molecule has 0 aliphatic carbocycles. The number of ether oxygens (including phenoxy) is 2. The van der Waals surface area contributed by atoms with Crippen LogP contribution >= 0.6 is 61.7 Å². The molecule has 1 amide bonds. The van der Waals surface area contributed by atoms with E-state index in [-0.39, 0.29) is 12.5 Å². The van der Waals surface area contributed by atoms with Crippen LogP contribution in [-0.2, 0) is 4.79 Å². The number of carbonyl (C=O) groups excluding carboxylic acids is 1. The zero-order valence-electron chi connectivity index (χ0n) is 17.2. The third-order valence-electron chi connectivity index (χ3n) is 4.39. The quantitative estimate of drug-likeness (QED) is 0.163. The summed E-state index contributed by atoms with van der Waals surface area (Å²) in [7, 11) is 1.52. The van der Waals surface area contributed by atoms with Gasteiger partial charge in [0, 0.05) is 10.2 Å². The fraction of sp³-hybridized carbons (Fsp3) is 0.0833. The van der Waals surface area contributed by atoms with Crippen molar-refractivity contribution in [1.82, 2.24) is 0 Å². The van der Waals surface area contributed by atoms with Gasteiger partial charge in [-0.05, 0) is 82.3 Å². The molecule has 0 spiro atoms. The first-order chi connectivity index (χ1) is 15.8. The number of halogens is 4. The van der Waals surface area contributed by atoms with Crippen molar-refractivity contribution in [3.8, 4) is 17.6 Å². The number of nitriles is 1. The fourth-order valence-corrected chi connectivity index (χ4v) is 4.19. The molecule has 0 fully saturated rings. The summed E-state index contributed by atoms with van der Waals surface area (Å²) in [6, 6.07) is 18.1. The molecule has 0 saturated heterocycles. The van der Waals surface area contributed by atoms with E-state index < -0.39 is 0 Å². The predicted octanol–water partition coefficient (Wildman–Crippen LogP) is 7.45. The molecule has 0 aliphatic heterocycles. The Hall–Kier alpha value is -2.25. The Kier molecular flexibility index (Phi) is 9.03. The molecular formula is C24H16BrCl2IN2O3. The molecule has 0 aromatic heterocycles. The molecule has 0 atom stereocenters. The number of carbonyl (C=O) groups is 1. The van der Waals surface area contributed by atoms with Crippen LogP contribution in [0.4, 0.5) is 5.69 Å². The lowest BCUT2D eigenvalue weighted by Gasteiger charge is -2.14. The number of nitrogens with one attached hydrogen (secondary N) is 1.